The van der Waals surface area contributed by atoms with Crippen LogP contribution in [0.5, 0.6) is 11.5 Å². The molecule has 0 amide bonds. The SMILES string of the molecule is CC(C)=CCc1ccccc1Oc1ccccc1CC=C(C)C. The highest BCUT2D eigenvalue weighted by molar-refractivity contribution is 5.42. The maximum atomic E-state index is 6.25. The van der Waals surface area contributed by atoms with Crippen molar-refractivity contribution in [3.8, 4) is 11.5 Å². The third-order valence-corrected chi connectivity index (χ3v) is 3.63. The van der Waals surface area contributed by atoms with E-state index in [2.05, 4.69) is 64.1 Å². The van der Waals surface area contributed by atoms with E-state index in [1.165, 1.54) is 22.3 Å². The van der Waals surface area contributed by atoms with Crippen LogP contribution in [0.3, 0.4) is 0 Å². The lowest BCUT2D eigenvalue weighted by Crippen LogP contribution is -1.94. The molecule has 0 heterocycles. The van der Waals surface area contributed by atoms with Crippen molar-refractivity contribution >= 4 is 0 Å². The molecule has 0 spiro atoms. The monoisotopic (exact) mass is 306 g/mol. The topological polar surface area (TPSA) is 9.23 Å². The van der Waals surface area contributed by atoms with Crippen LogP contribution < -0.4 is 4.74 Å². The standard InChI is InChI=1S/C22H26O/c1-17(2)13-15-19-9-5-7-11-21(19)23-22-12-8-6-10-20(22)16-14-18(3)4/h5-14H,15-16H2,1-4H3. The molecular weight excluding hydrogens is 280 g/mol. The van der Waals surface area contributed by atoms with Crippen molar-refractivity contribution in [1.29, 1.82) is 0 Å². The van der Waals surface area contributed by atoms with Gasteiger partial charge in [0.15, 0.2) is 0 Å². The largest absolute Gasteiger partial charge is 0.457 e. The first-order chi connectivity index (χ1) is 11.1. The summed E-state index contributed by atoms with van der Waals surface area (Å²) in [6.07, 6.45) is 6.26. The number of benzene rings is 2. The summed E-state index contributed by atoms with van der Waals surface area (Å²) in [7, 11) is 0. The molecule has 0 unspecified atom stereocenters. The number of para-hydroxylation sites is 2. The predicted octanol–water partition coefficient (Wildman–Crippen LogP) is 6.50. The molecular formula is C22H26O. The lowest BCUT2D eigenvalue weighted by molar-refractivity contribution is 0.472. The Kier molecular flexibility index (Phi) is 6.22. The normalized spacial score (nSPS) is 10.1. The Labute approximate surface area is 140 Å². The van der Waals surface area contributed by atoms with Gasteiger partial charge in [-0.2, -0.15) is 0 Å². The highest BCUT2D eigenvalue weighted by atomic mass is 16.5. The first kappa shape index (κ1) is 17.1. The van der Waals surface area contributed by atoms with Gasteiger partial charge in [-0.05, 0) is 63.8 Å². The van der Waals surface area contributed by atoms with Crippen molar-refractivity contribution < 1.29 is 4.74 Å². The minimum atomic E-state index is 0.897. The molecule has 0 aliphatic rings. The lowest BCUT2D eigenvalue weighted by atomic mass is 10.1. The highest BCUT2D eigenvalue weighted by Gasteiger charge is 2.07. The van der Waals surface area contributed by atoms with Gasteiger partial charge in [-0.25, -0.2) is 0 Å². The van der Waals surface area contributed by atoms with Gasteiger partial charge in [-0.3, -0.25) is 0 Å². The van der Waals surface area contributed by atoms with Crippen LogP contribution in [0.1, 0.15) is 38.8 Å². The third-order valence-electron chi connectivity index (χ3n) is 3.63. The molecule has 0 atom stereocenters. The summed E-state index contributed by atoms with van der Waals surface area (Å²) < 4.78 is 6.25. The Bertz CT molecular complexity index is 638. The Balaban J connectivity index is 2.26. The summed E-state index contributed by atoms with van der Waals surface area (Å²) in [5.74, 6) is 1.88. The first-order valence-electron chi connectivity index (χ1n) is 8.16. The fourth-order valence-electron chi connectivity index (χ4n) is 2.29. The van der Waals surface area contributed by atoms with Crippen LogP contribution >= 0.6 is 0 Å². The molecule has 2 aromatic carbocycles. The molecule has 0 radical (unpaired) electrons. The first-order valence-corrected chi connectivity index (χ1v) is 8.16. The summed E-state index contributed by atoms with van der Waals surface area (Å²) in [4.78, 5) is 0. The summed E-state index contributed by atoms with van der Waals surface area (Å²) in [5.41, 5.74) is 5.07. The van der Waals surface area contributed by atoms with E-state index in [0.717, 1.165) is 24.3 Å². The average Bonchev–Trinajstić information content (AvgIpc) is 2.53. The Morgan fingerprint density at radius 3 is 1.48 bits per heavy atom. The molecule has 0 bridgehead atoms. The van der Waals surface area contributed by atoms with E-state index in [1.54, 1.807) is 0 Å². The molecule has 0 aromatic heterocycles. The van der Waals surface area contributed by atoms with E-state index < -0.39 is 0 Å². The van der Waals surface area contributed by atoms with Crippen LogP contribution in [0.2, 0.25) is 0 Å². The van der Waals surface area contributed by atoms with Crippen molar-refractivity contribution in [2.45, 2.75) is 40.5 Å². The number of hydrogen-bond acceptors (Lipinski definition) is 1. The van der Waals surface area contributed by atoms with Gasteiger partial charge in [0.25, 0.3) is 0 Å². The molecule has 0 fully saturated rings. The Morgan fingerprint density at radius 2 is 1.09 bits per heavy atom. The lowest BCUT2D eigenvalue weighted by Gasteiger charge is -2.13. The summed E-state index contributed by atoms with van der Waals surface area (Å²) in [6, 6.07) is 16.5. The maximum Gasteiger partial charge on any atom is 0.130 e. The highest BCUT2D eigenvalue weighted by Crippen LogP contribution is 2.29. The van der Waals surface area contributed by atoms with Crippen molar-refractivity contribution in [2.24, 2.45) is 0 Å². The van der Waals surface area contributed by atoms with Gasteiger partial charge < -0.3 is 4.74 Å². The molecule has 0 aliphatic heterocycles. The third kappa shape index (κ3) is 5.45. The van der Waals surface area contributed by atoms with Crippen LogP contribution in [0.25, 0.3) is 0 Å². The van der Waals surface area contributed by atoms with Crippen LogP contribution in [0, 0.1) is 0 Å². The van der Waals surface area contributed by atoms with Crippen molar-refractivity contribution in [3.05, 3.63) is 83.0 Å². The van der Waals surface area contributed by atoms with E-state index in [4.69, 9.17) is 4.74 Å². The predicted molar refractivity (Wildman–Crippen MR) is 99.2 cm³/mol. The zero-order valence-electron chi connectivity index (χ0n) is 14.6. The Morgan fingerprint density at radius 1 is 0.696 bits per heavy atom. The number of allylic oxidation sites excluding steroid dienone is 4. The maximum absolute atomic E-state index is 6.25. The second-order valence-corrected chi connectivity index (χ2v) is 6.29. The molecule has 0 aliphatic carbocycles. The number of hydrogen-bond donors (Lipinski definition) is 0. The summed E-state index contributed by atoms with van der Waals surface area (Å²) in [6.45, 7) is 8.49. The van der Waals surface area contributed by atoms with Crippen LogP contribution in [-0.4, -0.2) is 0 Å². The molecule has 2 rings (SSSR count). The fourth-order valence-corrected chi connectivity index (χ4v) is 2.29. The quantitative estimate of drug-likeness (QED) is 0.554. The van der Waals surface area contributed by atoms with Crippen LogP contribution in [-0.2, 0) is 12.8 Å². The van der Waals surface area contributed by atoms with E-state index in [-0.39, 0.29) is 0 Å². The molecule has 23 heavy (non-hydrogen) atoms. The van der Waals surface area contributed by atoms with E-state index in [0.29, 0.717) is 0 Å². The van der Waals surface area contributed by atoms with Crippen molar-refractivity contribution in [2.75, 3.05) is 0 Å². The molecule has 1 heteroatoms. The van der Waals surface area contributed by atoms with Crippen molar-refractivity contribution in [1.82, 2.24) is 0 Å². The fraction of sp³-hybridized carbons (Fsp3) is 0.273. The summed E-state index contributed by atoms with van der Waals surface area (Å²) >= 11 is 0. The van der Waals surface area contributed by atoms with Crippen LogP contribution in [0.4, 0.5) is 0 Å². The van der Waals surface area contributed by atoms with Crippen LogP contribution in [0.15, 0.2) is 71.8 Å². The van der Waals surface area contributed by atoms with Gasteiger partial charge in [0.05, 0.1) is 0 Å². The minimum absolute atomic E-state index is 0.897. The van der Waals surface area contributed by atoms with Gasteiger partial charge in [-0.15, -0.1) is 0 Å². The molecule has 1 nitrogen and oxygen atoms in total. The second-order valence-electron chi connectivity index (χ2n) is 6.29. The molecule has 0 saturated heterocycles. The van der Waals surface area contributed by atoms with E-state index in [9.17, 15) is 0 Å². The van der Waals surface area contributed by atoms with Gasteiger partial charge in [-0.1, -0.05) is 59.7 Å². The Hall–Kier alpha value is -2.28. The molecule has 0 saturated carbocycles. The van der Waals surface area contributed by atoms with E-state index >= 15 is 0 Å². The molecule has 0 N–H and O–H groups in total. The van der Waals surface area contributed by atoms with Gasteiger partial charge in [0.2, 0.25) is 0 Å². The van der Waals surface area contributed by atoms with Gasteiger partial charge in [0.1, 0.15) is 11.5 Å². The molecule has 120 valence electrons. The average molecular weight is 306 g/mol. The minimum Gasteiger partial charge on any atom is -0.457 e. The molecule has 2 aromatic rings. The zero-order chi connectivity index (χ0) is 16.7. The number of ether oxygens (including phenoxy) is 1. The van der Waals surface area contributed by atoms with Gasteiger partial charge in [0, 0.05) is 0 Å². The van der Waals surface area contributed by atoms with Crippen molar-refractivity contribution in [3.63, 3.8) is 0 Å². The number of rotatable bonds is 6. The van der Waals surface area contributed by atoms with Gasteiger partial charge >= 0.3 is 0 Å². The smallest absolute Gasteiger partial charge is 0.130 e. The summed E-state index contributed by atoms with van der Waals surface area (Å²) in [5, 5.41) is 0. The van der Waals surface area contributed by atoms with E-state index in [1.807, 2.05) is 24.3 Å². The zero-order valence-corrected chi connectivity index (χ0v) is 14.6. The second kappa shape index (κ2) is 8.38.